The molecule has 2 aromatic heterocycles. The van der Waals surface area contributed by atoms with E-state index in [4.69, 9.17) is 0 Å². The molecular formula is C9H12N6O2. The Balaban J connectivity index is 2.68. The molecule has 0 aromatic carbocycles. The minimum Gasteiger partial charge on any atom is -0.343 e. The first-order valence-electron chi connectivity index (χ1n) is 5.08. The topological polar surface area (TPSA) is 85.4 Å². The van der Waals surface area contributed by atoms with Gasteiger partial charge in [0.15, 0.2) is 11.3 Å². The molecule has 90 valence electrons. The monoisotopic (exact) mass is 236 g/mol. The predicted molar refractivity (Wildman–Crippen MR) is 58.7 cm³/mol. The van der Waals surface area contributed by atoms with Crippen LogP contribution >= 0.6 is 0 Å². The molecule has 0 saturated carbocycles. The van der Waals surface area contributed by atoms with Crippen LogP contribution in [0.25, 0.3) is 5.65 Å². The molecular weight excluding hydrogens is 224 g/mol. The number of hydrogen-bond donors (Lipinski definition) is 0. The fourth-order valence-electron chi connectivity index (χ4n) is 1.40. The van der Waals surface area contributed by atoms with Gasteiger partial charge < -0.3 is 4.90 Å². The molecule has 2 aromatic rings. The number of nitrogens with zero attached hydrogens (tertiary/aromatic N) is 6. The maximum Gasteiger partial charge on any atom is 0.352 e. The number of aromatic nitrogens is 5. The summed E-state index contributed by atoms with van der Waals surface area (Å²) in [4.78, 5) is 28.9. The highest BCUT2D eigenvalue weighted by Gasteiger charge is 2.18. The Hall–Kier alpha value is -2.25. The molecule has 0 saturated heterocycles. The normalized spacial score (nSPS) is 10.8. The van der Waals surface area contributed by atoms with Gasteiger partial charge in [0.25, 0.3) is 5.91 Å². The number of rotatable bonds is 2. The molecule has 0 unspecified atom stereocenters. The molecule has 0 aliphatic carbocycles. The van der Waals surface area contributed by atoms with E-state index in [0.717, 1.165) is 0 Å². The standard InChI is InChI=1S/C9H12N6O2/c1-4-15-9(17)14-5-10-6(7(14)11-12-15)8(16)13(2)3/h5H,4H2,1-3H3. The smallest absolute Gasteiger partial charge is 0.343 e. The van der Waals surface area contributed by atoms with Crippen molar-refractivity contribution < 1.29 is 4.79 Å². The van der Waals surface area contributed by atoms with Crippen molar-refractivity contribution in [3.8, 4) is 0 Å². The second-order valence-corrected chi connectivity index (χ2v) is 3.67. The van der Waals surface area contributed by atoms with Crippen LogP contribution in [0, 0.1) is 0 Å². The van der Waals surface area contributed by atoms with Gasteiger partial charge in [-0.2, -0.15) is 4.68 Å². The summed E-state index contributed by atoms with van der Waals surface area (Å²) < 4.78 is 2.41. The third-order valence-electron chi connectivity index (χ3n) is 2.32. The van der Waals surface area contributed by atoms with E-state index in [1.165, 1.54) is 20.3 Å². The van der Waals surface area contributed by atoms with Crippen molar-refractivity contribution in [3.05, 3.63) is 22.5 Å². The minimum absolute atomic E-state index is 0.128. The van der Waals surface area contributed by atoms with Crippen LogP contribution in [-0.2, 0) is 6.54 Å². The lowest BCUT2D eigenvalue weighted by molar-refractivity contribution is 0.0824. The van der Waals surface area contributed by atoms with E-state index in [2.05, 4.69) is 15.3 Å². The fraction of sp³-hybridized carbons (Fsp3) is 0.444. The van der Waals surface area contributed by atoms with E-state index in [1.807, 2.05) is 0 Å². The van der Waals surface area contributed by atoms with E-state index < -0.39 is 0 Å². The zero-order valence-corrected chi connectivity index (χ0v) is 9.78. The van der Waals surface area contributed by atoms with Crippen LogP contribution in [0.1, 0.15) is 17.4 Å². The molecule has 2 rings (SSSR count). The van der Waals surface area contributed by atoms with E-state index in [1.54, 1.807) is 21.0 Å². The Kier molecular flexibility index (Phi) is 2.62. The molecule has 0 radical (unpaired) electrons. The summed E-state index contributed by atoms with van der Waals surface area (Å²) in [6.45, 7) is 2.20. The Morgan fingerprint density at radius 3 is 2.76 bits per heavy atom. The van der Waals surface area contributed by atoms with Gasteiger partial charge in [-0.15, -0.1) is 5.10 Å². The van der Waals surface area contributed by atoms with Gasteiger partial charge in [-0.1, -0.05) is 5.21 Å². The molecule has 8 heteroatoms. The molecule has 0 N–H and O–H groups in total. The highest BCUT2D eigenvalue weighted by Crippen LogP contribution is 2.04. The number of amides is 1. The summed E-state index contributed by atoms with van der Waals surface area (Å²) in [7, 11) is 3.21. The average Bonchev–Trinajstić information content (AvgIpc) is 2.73. The van der Waals surface area contributed by atoms with Gasteiger partial charge in [0.1, 0.15) is 6.33 Å². The first kappa shape index (κ1) is 11.2. The van der Waals surface area contributed by atoms with Gasteiger partial charge in [0.05, 0.1) is 0 Å². The second-order valence-electron chi connectivity index (χ2n) is 3.67. The predicted octanol–water partition coefficient (Wildman–Crippen LogP) is -0.992. The second kappa shape index (κ2) is 3.96. The first-order chi connectivity index (χ1) is 8.06. The number of carbonyl (C=O) groups excluding carboxylic acids is 1. The summed E-state index contributed by atoms with van der Waals surface area (Å²) in [5.41, 5.74) is -0.0518. The van der Waals surface area contributed by atoms with Crippen LogP contribution in [0.4, 0.5) is 0 Å². The fourth-order valence-corrected chi connectivity index (χ4v) is 1.40. The van der Waals surface area contributed by atoms with Crippen molar-refractivity contribution >= 4 is 11.6 Å². The molecule has 2 heterocycles. The molecule has 0 spiro atoms. The zero-order chi connectivity index (χ0) is 12.6. The molecule has 0 aliphatic heterocycles. The van der Waals surface area contributed by atoms with E-state index in [9.17, 15) is 9.59 Å². The number of imidazole rings is 1. The highest BCUT2D eigenvalue weighted by molar-refractivity contribution is 5.97. The summed E-state index contributed by atoms with van der Waals surface area (Å²) >= 11 is 0. The average molecular weight is 236 g/mol. The van der Waals surface area contributed by atoms with Crippen molar-refractivity contribution in [3.63, 3.8) is 0 Å². The molecule has 0 atom stereocenters. The van der Waals surface area contributed by atoms with Gasteiger partial charge in [-0.05, 0) is 6.92 Å². The largest absolute Gasteiger partial charge is 0.352 e. The van der Waals surface area contributed by atoms with Crippen LogP contribution in [0.15, 0.2) is 11.1 Å². The van der Waals surface area contributed by atoms with Gasteiger partial charge in [0, 0.05) is 20.6 Å². The summed E-state index contributed by atoms with van der Waals surface area (Å²) in [5, 5.41) is 7.56. The van der Waals surface area contributed by atoms with Gasteiger partial charge >= 0.3 is 5.69 Å². The van der Waals surface area contributed by atoms with Crippen molar-refractivity contribution in [1.29, 1.82) is 0 Å². The van der Waals surface area contributed by atoms with Crippen LogP contribution in [0.3, 0.4) is 0 Å². The highest BCUT2D eigenvalue weighted by atomic mass is 16.2. The van der Waals surface area contributed by atoms with Crippen molar-refractivity contribution in [1.82, 2.24) is 29.3 Å². The Morgan fingerprint density at radius 1 is 1.47 bits per heavy atom. The summed E-state index contributed by atoms with van der Waals surface area (Å²) in [6.07, 6.45) is 1.29. The van der Waals surface area contributed by atoms with E-state index >= 15 is 0 Å². The molecule has 0 aliphatic rings. The van der Waals surface area contributed by atoms with Crippen LogP contribution < -0.4 is 5.69 Å². The quantitative estimate of drug-likeness (QED) is 0.668. The van der Waals surface area contributed by atoms with Gasteiger partial charge in [-0.3, -0.25) is 4.79 Å². The third-order valence-corrected chi connectivity index (χ3v) is 2.32. The van der Waals surface area contributed by atoms with Crippen molar-refractivity contribution in [2.24, 2.45) is 0 Å². The Morgan fingerprint density at radius 2 is 2.18 bits per heavy atom. The lowest BCUT2D eigenvalue weighted by Gasteiger charge is -2.07. The summed E-state index contributed by atoms with van der Waals surface area (Å²) in [5.74, 6) is -0.310. The SMILES string of the molecule is CCn1nnc2c(C(=O)N(C)C)ncn2c1=O. The van der Waals surface area contributed by atoms with Gasteiger partial charge in [-0.25, -0.2) is 14.2 Å². The molecule has 0 fully saturated rings. The number of hydrogen-bond acceptors (Lipinski definition) is 5. The first-order valence-corrected chi connectivity index (χ1v) is 5.08. The lowest BCUT2D eigenvalue weighted by Crippen LogP contribution is -2.29. The third kappa shape index (κ3) is 1.67. The van der Waals surface area contributed by atoms with E-state index in [-0.39, 0.29) is 22.9 Å². The van der Waals surface area contributed by atoms with Crippen molar-refractivity contribution in [2.45, 2.75) is 13.5 Å². The number of carbonyl (C=O) groups is 1. The van der Waals surface area contributed by atoms with E-state index in [0.29, 0.717) is 6.54 Å². The Labute approximate surface area is 96.5 Å². The Bertz CT molecular complexity index is 626. The lowest BCUT2D eigenvalue weighted by atomic mass is 10.4. The molecule has 1 amide bonds. The molecule has 17 heavy (non-hydrogen) atoms. The zero-order valence-electron chi connectivity index (χ0n) is 9.78. The maximum atomic E-state index is 11.8. The summed E-state index contributed by atoms with van der Waals surface area (Å²) in [6, 6.07) is 0. The van der Waals surface area contributed by atoms with Crippen LogP contribution in [-0.4, -0.2) is 49.3 Å². The van der Waals surface area contributed by atoms with Crippen LogP contribution in [0.2, 0.25) is 0 Å². The molecule has 8 nitrogen and oxygen atoms in total. The van der Waals surface area contributed by atoms with Crippen molar-refractivity contribution in [2.75, 3.05) is 14.1 Å². The van der Waals surface area contributed by atoms with Crippen LogP contribution in [0.5, 0.6) is 0 Å². The maximum absolute atomic E-state index is 11.8. The molecule has 0 bridgehead atoms. The van der Waals surface area contributed by atoms with Gasteiger partial charge in [0.2, 0.25) is 0 Å². The number of fused-ring (bicyclic) bond motifs is 1. The number of aryl methyl sites for hydroxylation is 1. The minimum atomic E-state index is -0.359.